The van der Waals surface area contributed by atoms with Gasteiger partial charge in [-0.05, 0) is 55.5 Å². The molecule has 0 saturated carbocycles. The molecule has 4 rings (SSSR count). The zero-order valence-electron chi connectivity index (χ0n) is 14.2. The van der Waals surface area contributed by atoms with Crippen molar-refractivity contribution in [2.24, 2.45) is 0 Å². The highest BCUT2D eigenvalue weighted by Gasteiger charge is 2.15. The van der Waals surface area contributed by atoms with Crippen molar-refractivity contribution in [1.82, 2.24) is 9.97 Å². The third-order valence-corrected chi connectivity index (χ3v) is 4.53. The van der Waals surface area contributed by atoms with Crippen molar-refractivity contribution in [1.29, 1.82) is 0 Å². The molecule has 4 heteroatoms. The molecule has 1 aliphatic rings. The highest BCUT2D eigenvalue weighted by molar-refractivity contribution is 5.74. The van der Waals surface area contributed by atoms with Crippen molar-refractivity contribution in [3.8, 4) is 28.5 Å². The number of pyridine rings is 2. The fraction of sp³-hybridized carbons (Fsp3) is 0.238. The van der Waals surface area contributed by atoms with E-state index in [1.165, 1.54) is 24.1 Å². The van der Waals surface area contributed by atoms with Gasteiger partial charge in [0.2, 0.25) is 5.88 Å². The molecule has 1 aromatic carbocycles. The van der Waals surface area contributed by atoms with Crippen LogP contribution in [0.3, 0.4) is 0 Å². The maximum atomic E-state index is 6.10. The van der Waals surface area contributed by atoms with Crippen LogP contribution in [-0.4, -0.2) is 17.1 Å². The van der Waals surface area contributed by atoms with E-state index < -0.39 is 0 Å². The smallest absolute Gasteiger partial charge is 0.227 e. The van der Waals surface area contributed by atoms with Gasteiger partial charge in [-0.1, -0.05) is 18.2 Å². The number of fused-ring (bicyclic) bond motifs is 1. The zero-order valence-corrected chi connectivity index (χ0v) is 14.2. The lowest BCUT2D eigenvalue weighted by atomic mass is 9.96. The topological polar surface area (TPSA) is 44.2 Å². The molecular formula is C21H20N2O2. The summed E-state index contributed by atoms with van der Waals surface area (Å²) in [6.45, 7) is 0. The van der Waals surface area contributed by atoms with Gasteiger partial charge in [0.05, 0.1) is 13.3 Å². The number of ether oxygens (including phenoxy) is 2. The first-order valence-corrected chi connectivity index (χ1v) is 8.59. The van der Waals surface area contributed by atoms with Gasteiger partial charge in [0.25, 0.3) is 0 Å². The fourth-order valence-corrected chi connectivity index (χ4v) is 3.28. The van der Waals surface area contributed by atoms with Gasteiger partial charge in [0, 0.05) is 23.0 Å². The number of nitrogens with zero attached hydrogens (tertiary/aromatic N) is 2. The number of benzene rings is 1. The molecule has 1 aliphatic carbocycles. The first kappa shape index (κ1) is 15.6. The Bertz CT molecular complexity index is 893. The Morgan fingerprint density at radius 2 is 1.76 bits per heavy atom. The number of rotatable bonds is 4. The number of aryl methyl sites for hydroxylation is 2. The average Bonchev–Trinajstić information content (AvgIpc) is 2.68. The molecule has 0 saturated heterocycles. The van der Waals surface area contributed by atoms with E-state index in [0.717, 1.165) is 35.5 Å². The third-order valence-electron chi connectivity index (χ3n) is 4.53. The van der Waals surface area contributed by atoms with Crippen LogP contribution in [0.25, 0.3) is 11.1 Å². The maximum absolute atomic E-state index is 6.10. The van der Waals surface area contributed by atoms with Crippen molar-refractivity contribution in [3.05, 3.63) is 66.1 Å². The number of hydrogen-bond acceptors (Lipinski definition) is 4. The Morgan fingerprint density at radius 1 is 0.920 bits per heavy atom. The highest BCUT2D eigenvalue weighted by Crippen LogP contribution is 2.37. The first-order valence-electron chi connectivity index (χ1n) is 8.59. The molecule has 0 spiro atoms. The summed E-state index contributed by atoms with van der Waals surface area (Å²) in [4.78, 5) is 9.01. The minimum absolute atomic E-state index is 0.560. The number of aromatic nitrogens is 2. The lowest BCUT2D eigenvalue weighted by Crippen LogP contribution is -2.05. The molecule has 4 nitrogen and oxygen atoms in total. The minimum atomic E-state index is 0.560. The molecule has 2 heterocycles. The summed E-state index contributed by atoms with van der Waals surface area (Å²) >= 11 is 0. The van der Waals surface area contributed by atoms with Gasteiger partial charge in [-0.25, -0.2) is 4.98 Å². The van der Waals surface area contributed by atoms with Crippen molar-refractivity contribution in [3.63, 3.8) is 0 Å². The first-order chi connectivity index (χ1) is 12.3. The Balaban J connectivity index is 1.70. The second-order valence-electron chi connectivity index (χ2n) is 6.14. The van der Waals surface area contributed by atoms with Gasteiger partial charge in [0.15, 0.2) is 0 Å². The molecular weight excluding hydrogens is 312 g/mol. The van der Waals surface area contributed by atoms with E-state index in [2.05, 4.69) is 16.0 Å². The van der Waals surface area contributed by atoms with Crippen molar-refractivity contribution in [2.75, 3.05) is 7.11 Å². The average molecular weight is 332 g/mol. The van der Waals surface area contributed by atoms with Gasteiger partial charge >= 0.3 is 0 Å². The quantitative estimate of drug-likeness (QED) is 0.687. The monoisotopic (exact) mass is 332 g/mol. The molecule has 0 fully saturated rings. The van der Waals surface area contributed by atoms with Crippen molar-refractivity contribution in [2.45, 2.75) is 25.7 Å². The van der Waals surface area contributed by atoms with E-state index in [1.807, 2.05) is 36.4 Å². The molecule has 0 radical (unpaired) electrons. The van der Waals surface area contributed by atoms with E-state index in [1.54, 1.807) is 19.5 Å². The Hall–Kier alpha value is -2.88. The van der Waals surface area contributed by atoms with Gasteiger partial charge in [0.1, 0.15) is 11.5 Å². The molecule has 0 atom stereocenters. The van der Waals surface area contributed by atoms with Crippen LogP contribution >= 0.6 is 0 Å². The molecule has 0 unspecified atom stereocenters. The van der Waals surface area contributed by atoms with Crippen LogP contribution in [0.4, 0.5) is 0 Å². The number of methoxy groups -OCH3 is 1. The van der Waals surface area contributed by atoms with Crippen LogP contribution in [0.2, 0.25) is 0 Å². The molecule has 0 aliphatic heterocycles. The standard InChI is InChI=1S/C21H20N2O2/c1-24-20-11-5-3-8-17(20)18-9-6-12-22-21(18)25-16-13-15-7-2-4-10-19(15)23-14-16/h3,5-6,8-9,11-14H,2,4,7,10H2,1H3. The maximum Gasteiger partial charge on any atom is 0.227 e. The Kier molecular flexibility index (Phi) is 4.34. The van der Waals surface area contributed by atoms with Crippen LogP contribution in [0.5, 0.6) is 17.4 Å². The van der Waals surface area contributed by atoms with Gasteiger partial charge in [-0.15, -0.1) is 0 Å². The van der Waals surface area contributed by atoms with E-state index in [-0.39, 0.29) is 0 Å². The lowest BCUT2D eigenvalue weighted by Gasteiger charge is -2.16. The molecule has 0 bridgehead atoms. The van der Waals surface area contributed by atoms with Crippen molar-refractivity contribution < 1.29 is 9.47 Å². The molecule has 126 valence electrons. The van der Waals surface area contributed by atoms with E-state index in [4.69, 9.17) is 9.47 Å². The van der Waals surface area contributed by atoms with Crippen LogP contribution < -0.4 is 9.47 Å². The number of para-hydroxylation sites is 1. The predicted molar refractivity (Wildman–Crippen MR) is 97.2 cm³/mol. The molecule has 25 heavy (non-hydrogen) atoms. The minimum Gasteiger partial charge on any atom is -0.496 e. The summed E-state index contributed by atoms with van der Waals surface area (Å²) in [5, 5.41) is 0. The summed E-state index contributed by atoms with van der Waals surface area (Å²) in [5.41, 5.74) is 4.35. The van der Waals surface area contributed by atoms with Gasteiger partial charge in [-0.3, -0.25) is 4.98 Å². The highest BCUT2D eigenvalue weighted by atomic mass is 16.5. The summed E-state index contributed by atoms with van der Waals surface area (Å²) in [5.74, 6) is 2.09. The van der Waals surface area contributed by atoms with Gasteiger partial charge < -0.3 is 9.47 Å². The van der Waals surface area contributed by atoms with Crippen LogP contribution in [-0.2, 0) is 12.8 Å². The van der Waals surface area contributed by atoms with E-state index in [0.29, 0.717) is 5.88 Å². The largest absolute Gasteiger partial charge is 0.496 e. The number of hydrogen-bond donors (Lipinski definition) is 0. The van der Waals surface area contributed by atoms with Gasteiger partial charge in [-0.2, -0.15) is 0 Å². The lowest BCUT2D eigenvalue weighted by molar-refractivity contribution is 0.415. The molecule has 0 N–H and O–H groups in total. The van der Waals surface area contributed by atoms with E-state index >= 15 is 0 Å². The fourth-order valence-electron chi connectivity index (χ4n) is 3.28. The predicted octanol–water partition coefficient (Wildman–Crippen LogP) is 4.82. The summed E-state index contributed by atoms with van der Waals surface area (Å²) < 4.78 is 11.6. The summed E-state index contributed by atoms with van der Waals surface area (Å²) in [6, 6.07) is 13.9. The SMILES string of the molecule is COc1ccccc1-c1cccnc1Oc1cnc2c(c1)CCCC2. The van der Waals surface area contributed by atoms with Crippen LogP contribution in [0.1, 0.15) is 24.1 Å². The van der Waals surface area contributed by atoms with Crippen molar-refractivity contribution >= 4 is 0 Å². The van der Waals surface area contributed by atoms with Crippen LogP contribution in [0.15, 0.2) is 54.9 Å². The molecule has 3 aromatic rings. The Morgan fingerprint density at radius 3 is 2.68 bits per heavy atom. The third kappa shape index (κ3) is 3.20. The summed E-state index contributed by atoms with van der Waals surface area (Å²) in [7, 11) is 1.67. The molecule has 2 aromatic heterocycles. The second-order valence-corrected chi connectivity index (χ2v) is 6.14. The summed E-state index contributed by atoms with van der Waals surface area (Å²) in [6.07, 6.45) is 8.10. The van der Waals surface area contributed by atoms with Crippen LogP contribution in [0, 0.1) is 0 Å². The Labute approximate surface area is 147 Å². The normalized spacial score (nSPS) is 13.2. The van der Waals surface area contributed by atoms with E-state index in [9.17, 15) is 0 Å². The molecule has 0 amide bonds. The zero-order chi connectivity index (χ0) is 17.1. The second kappa shape index (κ2) is 6.93.